The summed E-state index contributed by atoms with van der Waals surface area (Å²) < 4.78 is 16.1. The van der Waals surface area contributed by atoms with Crippen LogP contribution in [0.1, 0.15) is 11.1 Å². The largest absolute Gasteiger partial charge is 0.504 e. The molecule has 6 N–H and O–H groups in total. The number of phenolic OH excluding ortho intramolecular Hbond substituents is 4. The molecule has 11 nitrogen and oxygen atoms in total. The lowest BCUT2D eigenvalue weighted by molar-refractivity contribution is -0.117. The molecular formula is C26H32N2O9. The molecule has 2 aromatic carbocycles. The molecule has 0 saturated carbocycles. The van der Waals surface area contributed by atoms with E-state index in [0.717, 1.165) is 0 Å². The lowest BCUT2D eigenvalue weighted by atomic mass is 10.2. The highest BCUT2D eigenvalue weighted by molar-refractivity contribution is 5.92. The van der Waals surface area contributed by atoms with E-state index >= 15 is 0 Å². The number of phenols is 4. The fourth-order valence-corrected chi connectivity index (χ4v) is 2.78. The molecule has 0 atom stereocenters. The molecule has 0 aliphatic carbocycles. The molecule has 0 aliphatic rings. The lowest BCUT2D eigenvalue weighted by Gasteiger charge is -2.07. The standard InChI is InChI=1S/C26H32N2O9/c29-21-5-1-19(17-23(21)31)3-7-25(33)27-9-11-35-13-15-37-16-14-36-12-10-28-26(34)8-4-20-2-6-22(30)24(32)18-20/h1-8,17-18,29-32H,9-16H2,(H,27,33)(H,28,34)/b7-3+,8-4+. The van der Waals surface area contributed by atoms with E-state index in [-0.39, 0.29) is 34.8 Å². The Morgan fingerprint density at radius 1 is 0.595 bits per heavy atom. The topological polar surface area (TPSA) is 167 Å². The highest BCUT2D eigenvalue weighted by Crippen LogP contribution is 2.26. The van der Waals surface area contributed by atoms with E-state index in [9.17, 15) is 30.0 Å². The fourth-order valence-electron chi connectivity index (χ4n) is 2.78. The van der Waals surface area contributed by atoms with Crippen LogP contribution in [0.15, 0.2) is 48.6 Å². The molecule has 0 heterocycles. The number of hydrogen-bond donors (Lipinski definition) is 6. The van der Waals surface area contributed by atoms with Crippen molar-refractivity contribution in [3.8, 4) is 23.0 Å². The molecule has 0 aromatic heterocycles. The number of nitrogens with one attached hydrogen (secondary N) is 2. The maximum atomic E-state index is 11.8. The summed E-state index contributed by atoms with van der Waals surface area (Å²) in [4.78, 5) is 23.5. The van der Waals surface area contributed by atoms with Gasteiger partial charge in [-0.25, -0.2) is 0 Å². The van der Waals surface area contributed by atoms with Gasteiger partial charge in [-0.05, 0) is 47.5 Å². The van der Waals surface area contributed by atoms with Gasteiger partial charge in [0.2, 0.25) is 11.8 Å². The molecule has 0 bridgehead atoms. The first-order valence-electron chi connectivity index (χ1n) is 11.5. The van der Waals surface area contributed by atoms with Gasteiger partial charge in [-0.1, -0.05) is 12.1 Å². The van der Waals surface area contributed by atoms with Crippen molar-refractivity contribution >= 4 is 24.0 Å². The first-order valence-corrected chi connectivity index (χ1v) is 11.5. The van der Waals surface area contributed by atoms with Crippen LogP contribution in [0.2, 0.25) is 0 Å². The molecule has 0 spiro atoms. The lowest BCUT2D eigenvalue weighted by Crippen LogP contribution is -2.26. The van der Waals surface area contributed by atoms with Crippen LogP contribution in [0.4, 0.5) is 0 Å². The summed E-state index contributed by atoms with van der Waals surface area (Å²) in [6.45, 7) is 2.75. The summed E-state index contributed by atoms with van der Waals surface area (Å²) in [6.07, 6.45) is 5.68. The number of ether oxygens (including phenoxy) is 3. The monoisotopic (exact) mass is 516 g/mol. The SMILES string of the molecule is O=C(/C=C/c1ccc(O)c(O)c1)NCCOCCOCCOCCNC(=O)/C=C/c1ccc(O)c(O)c1. The summed E-state index contributed by atoms with van der Waals surface area (Å²) in [5.41, 5.74) is 1.16. The minimum Gasteiger partial charge on any atom is -0.504 e. The molecule has 0 aliphatic heterocycles. The Kier molecular flexibility index (Phi) is 13.1. The van der Waals surface area contributed by atoms with Crippen LogP contribution in [-0.4, -0.2) is 85.0 Å². The molecule has 0 radical (unpaired) electrons. The second-order valence-corrected chi connectivity index (χ2v) is 7.58. The van der Waals surface area contributed by atoms with Gasteiger partial charge in [0.05, 0.1) is 39.6 Å². The Bertz CT molecular complexity index is 987. The van der Waals surface area contributed by atoms with Gasteiger partial charge in [-0.2, -0.15) is 0 Å². The Labute approximate surface area is 214 Å². The fraction of sp³-hybridized carbons (Fsp3) is 0.308. The van der Waals surface area contributed by atoms with Gasteiger partial charge in [0, 0.05) is 25.2 Å². The van der Waals surface area contributed by atoms with Gasteiger partial charge in [-0.15, -0.1) is 0 Å². The van der Waals surface area contributed by atoms with Crippen LogP contribution in [-0.2, 0) is 23.8 Å². The van der Waals surface area contributed by atoms with E-state index in [2.05, 4.69) is 10.6 Å². The Morgan fingerprint density at radius 2 is 0.973 bits per heavy atom. The van der Waals surface area contributed by atoms with Crippen LogP contribution in [0, 0.1) is 0 Å². The molecular weight excluding hydrogens is 484 g/mol. The molecule has 0 unspecified atom stereocenters. The van der Waals surface area contributed by atoms with Gasteiger partial charge < -0.3 is 45.3 Å². The van der Waals surface area contributed by atoms with Gasteiger partial charge in [0.25, 0.3) is 0 Å². The van der Waals surface area contributed by atoms with Crippen molar-refractivity contribution in [3.05, 3.63) is 59.7 Å². The van der Waals surface area contributed by atoms with Crippen molar-refractivity contribution in [1.29, 1.82) is 0 Å². The number of hydrogen-bond acceptors (Lipinski definition) is 9. The minimum atomic E-state index is -0.311. The van der Waals surface area contributed by atoms with Crippen molar-refractivity contribution in [2.45, 2.75) is 0 Å². The van der Waals surface area contributed by atoms with Gasteiger partial charge in [-0.3, -0.25) is 9.59 Å². The minimum absolute atomic E-state index is 0.225. The smallest absolute Gasteiger partial charge is 0.244 e. The zero-order chi connectivity index (χ0) is 26.9. The summed E-state index contributed by atoms with van der Waals surface area (Å²) >= 11 is 0. The number of carbonyl (C=O) groups excluding carboxylic acids is 2. The zero-order valence-corrected chi connectivity index (χ0v) is 20.3. The third-order valence-corrected chi connectivity index (χ3v) is 4.69. The van der Waals surface area contributed by atoms with Crippen molar-refractivity contribution in [1.82, 2.24) is 10.6 Å². The number of amides is 2. The first kappa shape index (κ1) is 29.2. The highest BCUT2D eigenvalue weighted by atomic mass is 16.5. The third-order valence-electron chi connectivity index (χ3n) is 4.69. The van der Waals surface area contributed by atoms with Crippen molar-refractivity contribution in [2.24, 2.45) is 0 Å². The van der Waals surface area contributed by atoms with E-state index < -0.39 is 0 Å². The quantitative estimate of drug-likeness (QED) is 0.110. The summed E-state index contributed by atoms with van der Waals surface area (Å²) in [6, 6.07) is 8.51. The van der Waals surface area contributed by atoms with E-state index in [1.807, 2.05) is 0 Å². The molecule has 0 fully saturated rings. The van der Waals surface area contributed by atoms with E-state index in [1.165, 1.54) is 48.6 Å². The summed E-state index contributed by atoms with van der Waals surface area (Å²) in [5.74, 6) is -1.58. The molecule has 2 amide bonds. The van der Waals surface area contributed by atoms with Crippen LogP contribution < -0.4 is 10.6 Å². The van der Waals surface area contributed by atoms with Gasteiger partial charge in [0.1, 0.15) is 0 Å². The van der Waals surface area contributed by atoms with Crippen LogP contribution in [0.5, 0.6) is 23.0 Å². The molecule has 2 aromatic rings. The molecule has 200 valence electrons. The van der Waals surface area contributed by atoms with E-state index in [0.29, 0.717) is 63.9 Å². The van der Waals surface area contributed by atoms with Crippen LogP contribution >= 0.6 is 0 Å². The molecule has 11 heteroatoms. The van der Waals surface area contributed by atoms with E-state index in [4.69, 9.17) is 14.2 Å². The highest BCUT2D eigenvalue weighted by Gasteiger charge is 2.01. The predicted molar refractivity (Wildman–Crippen MR) is 136 cm³/mol. The second kappa shape index (κ2) is 16.6. The van der Waals surface area contributed by atoms with Crippen LogP contribution in [0.3, 0.4) is 0 Å². The number of carbonyl (C=O) groups is 2. The zero-order valence-electron chi connectivity index (χ0n) is 20.3. The summed E-state index contributed by atoms with van der Waals surface area (Å²) in [5, 5.41) is 42.7. The predicted octanol–water partition coefficient (Wildman–Crippen LogP) is 1.52. The Morgan fingerprint density at radius 3 is 1.35 bits per heavy atom. The van der Waals surface area contributed by atoms with E-state index in [1.54, 1.807) is 12.1 Å². The normalized spacial score (nSPS) is 11.2. The van der Waals surface area contributed by atoms with Gasteiger partial charge in [0.15, 0.2) is 23.0 Å². The second-order valence-electron chi connectivity index (χ2n) is 7.58. The van der Waals surface area contributed by atoms with Crippen molar-refractivity contribution in [2.75, 3.05) is 52.7 Å². The van der Waals surface area contributed by atoms with Crippen molar-refractivity contribution < 1.29 is 44.2 Å². The number of aromatic hydroxyl groups is 4. The van der Waals surface area contributed by atoms with Gasteiger partial charge >= 0.3 is 0 Å². The molecule has 2 rings (SSSR count). The molecule has 0 saturated heterocycles. The average molecular weight is 517 g/mol. The molecule has 37 heavy (non-hydrogen) atoms. The maximum absolute atomic E-state index is 11.8. The maximum Gasteiger partial charge on any atom is 0.244 e. The van der Waals surface area contributed by atoms with Crippen LogP contribution in [0.25, 0.3) is 12.2 Å². The van der Waals surface area contributed by atoms with Crippen molar-refractivity contribution in [3.63, 3.8) is 0 Å². The Balaban J connectivity index is 1.39. The average Bonchev–Trinajstić information content (AvgIpc) is 2.88. The Hall–Kier alpha value is -4.06. The number of benzene rings is 2. The third kappa shape index (κ3) is 12.5. The number of rotatable bonds is 16. The first-order chi connectivity index (χ1) is 17.8. The summed E-state index contributed by atoms with van der Waals surface area (Å²) in [7, 11) is 0.